The van der Waals surface area contributed by atoms with Crippen molar-refractivity contribution in [2.24, 2.45) is 0 Å². The lowest BCUT2D eigenvalue weighted by Gasteiger charge is -2.29. The highest BCUT2D eigenvalue weighted by Crippen LogP contribution is 2.32. The summed E-state index contributed by atoms with van der Waals surface area (Å²) < 4.78 is 16.8. The molecule has 1 amide bonds. The van der Waals surface area contributed by atoms with Gasteiger partial charge in [0.2, 0.25) is 6.29 Å². The maximum absolute atomic E-state index is 13.1. The van der Waals surface area contributed by atoms with Crippen LogP contribution in [0, 0.1) is 0 Å². The van der Waals surface area contributed by atoms with Crippen LogP contribution in [0.4, 0.5) is 0 Å². The van der Waals surface area contributed by atoms with Crippen LogP contribution in [0.2, 0.25) is 0 Å². The summed E-state index contributed by atoms with van der Waals surface area (Å²) >= 11 is 0. The zero-order valence-electron chi connectivity index (χ0n) is 21.4. The molecule has 200 valence electrons. The fourth-order valence-corrected chi connectivity index (χ4v) is 4.41. The van der Waals surface area contributed by atoms with Crippen LogP contribution in [0.1, 0.15) is 45.2 Å². The summed E-state index contributed by atoms with van der Waals surface area (Å²) in [5, 5.41) is 12.1. The fraction of sp³-hybridized carbons (Fsp3) is 0.233. The van der Waals surface area contributed by atoms with Crippen LogP contribution in [0.25, 0.3) is 11.0 Å². The summed E-state index contributed by atoms with van der Waals surface area (Å²) in [6.07, 6.45) is 1.58. The number of rotatable bonds is 9. The molecule has 9 heteroatoms. The smallest absolute Gasteiger partial charge is 0.337 e. The summed E-state index contributed by atoms with van der Waals surface area (Å²) in [5.74, 6) is -0.190. The van der Waals surface area contributed by atoms with E-state index in [0.29, 0.717) is 17.8 Å². The maximum Gasteiger partial charge on any atom is 0.337 e. The Labute approximate surface area is 225 Å². The Bertz CT molecular complexity index is 1440. The number of aliphatic hydroxyl groups excluding tert-OH is 1. The van der Waals surface area contributed by atoms with Crippen molar-refractivity contribution in [1.82, 2.24) is 15.3 Å². The van der Waals surface area contributed by atoms with Crippen LogP contribution in [-0.2, 0) is 38.8 Å². The van der Waals surface area contributed by atoms with Crippen molar-refractivity contribution in [2.45, 2.75) is 38.4 Å². The molecular formula is C30H29N3O6. The van der Waals surface area contributed by atoms with Gasteiger partial charge in [0.15, 0.2) is 5.76 Å². The summed E-state index contributed by atoms with van der Waals surface area (Å²) in [4.78, 5) is 32.7. The fourth-order valence-electron chi connectivity index (χ4n) is 4.41. The number of aromatic nitrogens is 2. The number of allylic oxidation sites excluding steroid dienone is 1. The minimum atomic E-state index is -0.676. The van der Waals surface area contributed by atoms with Crippen molar-refractivity contribution in [1.29, 1.82) is 0 Å². The minimum Gasteiger partial charge on any atom is -0.465 e. The van der Waals surface area contributed by atoms with E-state index in [0.717, 1.165) is 27.7 Å². The van der Waals surface area contributed by atoms with Gasteiger partial charge >= 0.3 is 5.97 Å². The van der Waals surface area contributed by atoms with Crippen molar-refractivity contribution < 1.29 is 28.9 Å². The van der Waals surface area contributed by atoms with Crippen molar-refractivity contribution in [3.8, 4) is 0 Å². The molecule has 1 aromatic heterocycles. The van der Waals surface area contributed by atoms with E-state index >= 15 is 0 Å². The zero-order chi connectivity index (χ0) is 27.2. The van der Waals surface area contributed by atoms with Gasteiger partial charge in [0.25, 0.3) is 5.91 Å². The lowest BCUT2D eigenvalue weighted by Crippen LogP contribution is -2.32. The third kappa shape index (κ3) is 6.34. The van der Waals surface area contributed by atoms with Crippen LogP contribution in [0.15, 0.2) is 84.6 Å². The number of amides is 1. The largest absolute Gasteiger partial charge is 0.465 e. The van der Waals surface area contributed by atoms with Gasteiger partial charge in [-0.05, 0) is 47.0 Å². The Hall–Kier alpha value is -4.47. The molecule has 0 aliphatic carbocycles. The summed E-state index contributed by atoms with van der Waals surface area (Å²) in [6, 6.07) is 22.2. The quantitative estimate of drug-likeness (QED) is 0.280. The highest BCUT2D eigenvalue weighted by Gasteiger charge is 2.29. The van der Waals surface area contributed by atoms with Gasteiger partial charge in [-0.2, -0.15) is 0 Å². The molecule has 1 aliphatic rings. The number of aliphatic hydroxyl groups is 1. The number of imidazole rings is 1. The van der Waals surface area contributed by atoms with Gasteiger partial charge in [0.1, 0.15) is 5.82 Å². The number of fused-ring (bicyclic) bond motifs is 1. The number of ether oxygens (including phenoxy) is 3. The van der Waals surface area contributed by atoms with Crippen LogP contribution in [0.3, 0.4) is 0 Å². The number of methoxy groups -OCH3 is 1. The third-order valence-electron chi connectivity index (χ3n) is 6.54. The number of esters is 1. The first-order chi connectivity index (χ1) is 19.0. The van der Waals surface area contributed by atoms with Crippen LogP contribution in [-0.4, -0.2) is 40.4 Å². The molecule has 3 N–H and O–H groups in total. The molecule has 4 aromatic rings. The van der Waals surface area contributed by atoms with Gasteiger partial charge in [-0.15, -0.1) is 0 Å². The van der Waals surface area contributed by atoms with Gasteiger partial charge < -0.3 is 29.6 Å². The van der Waals surface area contributed by atoms with E-state index in [1.54, 1.807) is 18.2 Å². The highest BCUT2D eigenvalue weighted by molar-refractivity contribution is 5.92. The molecule has 5 rings (SSSR count). The Morgan fingerprint density at radius 3 is 2.51 bits per heavy atom. The molecular weight excluding hydrogens is 498 g/mol. The van der Waals surface area contributed by atoms with E-state index in [2.05, 4.69) is 15.3 Å². The molecule has 0 radical (unpaired) electrons. The first-order valence-corrected chi connectivity index (χ1v) is 12.6. The van der Waals surface area contributed by atoms with Crippen LogP contribution >= 0.6 is 0 Å². The number of aromatic amines is 1. The summed E-state index contributed by atoms with van der Waals surface area (Å²) in [7, 11) is 1.34. The summed E-state index contributed by atoms with van der Waals surface area (Å²) in [6.45, 7) is 0.453. The average molecular weight is 528 g/mol. The molecule has 39 heavy (non-hydrogen) atoms. The predicted octanol–water partition coefficient (Wildman–Crippen LogP) is 4.09. The van der Waals surface area contributed by atoms with Crippen molar-refractivity contribution in [3.63, 3.8) is 0 Å². The summed E-state index contributed by atoms with van der Waals surface area (Å²) in [5.41, 5.74) is 4.81. The molecule has 0 saturated heterocycles. The zero-order valence-corrected chi connectivity index (χ0v) is 21.4. The van der Waals surface area contributed by atoms with Crippen molar-refractivity contribution in [2.75, 3.05) is 7.11 Å². The van der Waals surface area contributed by atoms with E-state index in [9.17, 15) is 14.7 Å². The van der Waals surface area contributed by atoms with E-state index in [4.69, 9.17) is 14.2 Å². The number of H-pyrrole nitrogens is 1. The van der Waals surface area contributed by atoms with E-state index in [-0.39, 0.29) is 37.3 Å². The lowest BCUT2D eigenvalue weighted by molar-refractivity contribution is -0.150. The first-order valence-electron chi connectivity index (χ1n) is 12.6. The number of benzene rings is 3. The predicted molar refractivity (Wildman–Crippen MR) is 143 cm³/mol. The Balaban J connectivity index is 1.31. The lowest BCUT2D eigenvalue weighted by atomic mass is 9.92. The second kappa shape index (κ2) is 11.9. The van der Waals surface area contributed by atoms with Gasteiger partial charge in [0.05, 0.1) is 43.5 Å². The second-order valence-electron chi connectivity index (χ2n) is 9.20. The average Bonchev–Trinajstić information content (AvgIpc) is 3.41. The molecule has 0 unspecified atom stereocenters. The number of carbonyl (C=O) groups is 2. The number of para-hydroxylation sites is 2. The Morgan fingerprint density at radius 1 is 1.05 bits per heavy atom. The standard InChI is InChI=1S/C30H29N3O6/c1-37-30(36)22-12-10-21(11-13-22)23-14-26(29(35)31-16-27-32-24-4-2-3-5-25(24)33-27)39-28(15-23)38-18-20-8-6-19(17-34)7-9-20/h2-14,23,28,34H,15-18H2,1H3,(H,31,35)(H,32,33)/t23-,28+/m0/s1. The van der Waals surface area contributed by atoms with Gasteiger partial charge in [-0.25, -0.2) is 9.78 Å². The molecule has 0 fully saturated rings. The highest BCUT2D eigenvalue weighted by atomic mass is 16.7. The molecule has 2 heterocycles. The van der Waals surface area contributed by atoms with E-state index in [1.807, 2.05) is 60.7 Å². The Kier molecular flexibility index (Phi) is 8.00. The molecule has 2 atom stereocenters. The van der Waals surface area contributed by atoms with E-state index in [1.165, 1.54) is 7.11 Å². The monoisotopic (exact) mass is 527 g/mol. The Morgan fingerprint density at radius 2 is 1.79 bits per heavy atom. The number of carbonyl (C=O) groups excluding carboxylic acids is 2. The van der Waals surface area contributed by atoms with E-state index < -0.39 is 12.3 Å². The van der Waals surface area contributed by atoms with Crippen molar-refractivity contribution >= 4 is 22.9 Å². The molecule has 3 aromatic carbocycles. The first kappa shape index (κ1) is 26.1. The molecule has 1 aliphatic heterocycles. The van der Waals surface area contributed by atoms with Gasteiger partial charge in [-0.1, -0.05) is 48.5 Å². The third-order valence-corrected chi connectivity index (χ3v) is 6.54. The molecule has 9 nitrogen and oxygen atoms in total. The molecule has 0 spiro atoms. The number of nitrogens with one attached hydrogen (secondary N) is 2. The SMILES string of the molecule is COC(=O)c1ccc([C@H]2C=C(C(=O)NCc3nc4ccccc4[nH]3)O[C@@H](OCc3ccc(CO)cc3)C2)cc1. The maximum atomic E-state index is 13.1. The van der Waals surface area contributed by atoms with Crippen LogP contribution < -0.4 is 5.32 Å². The number of hydrogen-bond acceptors (Lipinski definition) is 7. The minimum absolute atomic E-state index is 0.0272. The number of nitrogens with zero attached hydrogens (tertiary/aromatic N) is 1. The second-order valence-corrected chi connectivity index (χ2v) is 9.20. The molecule has 0 bridgehead atoms. The van der Waals surface area contributed by atoms with Crippen LogP contribution in [0.5, 0.6) is 0 Å². The topological polar surface area (TPSA) is 123 Å². The number of hydrogen-bond donors (Lipinski definition) is 3. The normalized spacial score (nSPS) is 16.8. The van der Waals surface area contributed by atoms with Gasteiger partial charge in [0, 0.05) is 12.3 Å². The molecule has 0 saturated carbocycles. The van der Waals surface area contributed by atoms with Gasteiger partial charge in [-0.3, -0.25) is 4.79 Å². The van der Waals surface area contributed by atoms with Crippen molar-refractivity contribution in [3.05, 3.63) is 113 Å².